The zero-order valence-electron chi connectivity index (χ0n) is 11.1. The zero-order valence-corrected chi connectivity index (χ0v) is 11.9. The fourth-order valence-corrected chi connectivity index (χ4v) is 2.05. The minimum Gasteiger partial charge on any atom is -0.478 e. The standard InChI is InChI=1S/C14H9ClF3NO3/c1-7-4-9(11(6-19-7)13(20)21)10-5-8(15)2-3-12(10)22-14(16,17)18/h2-6H,1H3,(H,20,21). The molecule has 0 unspecified atom stereocenters. The molecule has 0 saturated heterocycles. The SMILES string of the molecule is Cc1cc(-c2cc(Cl)ccc2OC(F)(F)F)c(C(=O)O)cn1. The van der Waals surface area contributed by atoms with Crippen LogP contribution in [0.25, 0.3) is 11.1 Å². The molecule has 0 aliphatic rings. The van der Waals surface area contributed by atoms with Crippen LogP contribution in [0.5, 0.6) is 5.75 Å². The molecule has 1 heterocycles. The predicted octanol–water partition coefficient (Wildman–Crippen LogP) is 4.31. The van der Waals surface area contributed by atoms with E-state index in [-0.39, 0.29) is 21.7 Å². The highest BCUT2D eigenvalue weighted by molar-refractivity contribution is 6.31. The van der Waals surface area contributed by atoms with Crippen LogP contribution in [0.3, 0.4) is 0 Å². The van der Waals surface area contributed by atoms with Crippen LogP contribution in [0.2, 0.25) is 5.02 Å². The van der Waals surface area contributed by atoms with Gasteiger partial charge in [0.25, 0.3) is 0 Å². The van der Waals surface area contributed by atoms with Crippen molar-refractivity contribution in [3.8, 4) is 16.9 Å². The van der Waals surface area contributed by atoms with Gasteiger partial charge in [-0.1, -0.05) is 11.6 Å². The van der Waals surface area contributed by atoms with Crippen LogP contribution in [0.15, 0.2) is 30.5 Å². The first-order chi connectivity index (χ1) is 10.2. The number of carboxylic acids is 1. The lowest BCUT2D eigenvalue weighted by Gasteiger charge is -2.15. The molecule has 0 amide bonds. The molecule has 0 saturated carbocycles. The van der Waals surface area contributed by atoms with Crippen LogP contribution in [0.4, 0.5) is 13.2 Å². The quantitative estimate of drug-likeness (QED) is 0.910. The molecule has 0 fully saturated rings. The van der Waals surface area contributed by atoms with Gasteiger partial charge in [0, 0.05) is 28.0 Å². The third kappa shape index (κ3) is 3.67. The van der Waals surface area contributed by atoms with Crippen molar-refractivity contribution in [1.82, 2.24) is 4.98 Å². The van der Waals surface area contributed by atoms with E-state index >= 15 is 0 Å². The van der Waals surface area contributed by atoms with Gasteiger partial charge in [-0.15, -0.1) is 13.2 Å². The third-order valence-corrected chi connectivity index (χ3v) is 2.96. The number of benzene rings is 1. The number of ether oxygens (including phenoxy) is 1. The molecule has 116 valence electrons. The summed E-state index contributed by atoms with van der Waals surface area (Å²) in [5, 5.41) is 9.32. The first kappa shape index (κ1) is 16.1. The van der Waals surface area contributed by atoms with E-state index in [9.17, 15) is 23.1 Å². The summed E-state index contributed by atoms with van der Waals surface area (Å²) in [5.74, 6) is -1.86. The van der Waals surface area contributed by atoms with Crippen molar-refractivity contribution < 1.29 is 27.8 Å². The largest absolute Gasteiger partial charge is 0.573 e. The van der Waals surface area contributed by atoms with Gasteiger partial charge in [0.1, 0.15) is 5.75 Å². The fourth-order valence-electron chi connectivity index (χ4n) is 1.88. The number of carbonyl (C=O) groups is 1. The topological polar surface area (TPSA) is 59.4 Å². The molecule has 0 atom stereocenters. The van der Waals surface area contributed by atoms with Gasteiger partial charge in [0.2, 0.25) is 0 Å². The van der Waals surface area contributed by atoms with Crippen molar-refractivity contribution in [2.45, 2.75) is 13.3 Å². The minimum absolute atomic E-state index is 0.0433. The molecule has 1 aromatic heterocycles. The molecule has 0 spiro atoms. The Labute approximate surface area is 128 Å². The second kappa shape index (κ2) is 5.84. The molecule has 0 bridgehead atoms. The molecular formula is C14H9ClF3NO3. The first-order valence-electron chi connectivity index (χ1n) is 5.93. The van der Waals surface area contributed by atoms with Gasteiger partial charge in [0.05, 0.1) is 5.56 Å². The van der Waals surface area contributed by atoms with E-state index in [1.54, 1.807) is 6.92 Å². The molecule has 4 nitrogen and oxygen atoms in total. The van der Waals surface area contributed by atoms with Crippen LogP contribution in [-0.4, -0.2) is 22.4 Å². The van der Waals surface area contributed by atoms with E-state index in [1.165, 1.54) is 18.2 Å². The molecular weight excluding hydrogens is 323 g/mol. The number of carboxylic acid groups (broad SMARTS) is 1. The number of aromatic carboxylic acids is 1. The van der Waals surface area contributed by atoms with E-state index in [1.807, 2.05) is 0 Å². The van der Waals surface area contributed by atoms with Gasteiger partial charge in [-0.2, -0.15) is 0 Å². The van der Waals surface area contributed by atoms with Crippen LogP contribution < -0.4 is 4.74 Å². The van der Waals surface area contributed by atoms with E-state index in [2.05, 4.69) is 9.72 Å². The summed E-state index contributed by atoms with van der Waals surface area (Å²) in [5.41, 5.74) is 0.160. The number of alkyl halides is 3. The fraction of sp³-hybridized carbons (Fsp3) is 0.143. The Kier molecular flexibility index (Phi) is 4.27. The molecule has 1 N–H and O–H groups in total. The lowest BCUT2D eigenvalue weighted by atomic mass is 10.00. The van der Waals surface area contributed by atoms with Gasteiger partial charge in [-0.3, -0.25) is 4.98 Å². The molecule has 22 heavy (non-hydrogen) atoms. The van der Waals surface area contributed by atoms with Crippen molar-refractivity contribution in [2.75, 3.05) is 0 Å². The minimum atomic E-state index is -4.91. The molecule has 2 aromatic rings. The number of aromatic nitrogens is 1. The average molecular weight is 332 g/mol. The number of nitrogens with zero attached hydrogens (tertiary/aromatic N) is 1. The summed E-state index contributed by atoms with van der Waals surface area (Å²) in [6.07, 6.45) is -3.83. The number of rotatable bonds is 3. The Morgan fingerprint density at radius 3 is 2.55 bits per heavy atom. The number of hydrogen-bond donors (Lipinski definition) is 1. The van der Waals surface area contributed by atoms with Crippen molar-refractivity contribution in [2.24, 2.45) is 0 Å². The molecule has 0 aliphatic heterocycles. The Hall–Kier alpha value is -2.28. The third-order valence-electron chi connectivity index (χ3n) is 2.73. The second-order valence-electron chi connectivity index (χ2n) is 4.36. The van der Waals surface area contributed by atoms with Crippen molar-refractivity contribution >= 4 is 17.6 Å². The Morgan fingerprint density at radius 1 is 1.27 bits per heavy atom. The van der Waals surface area contributed by atoms with Crippen LogP contribution >= 0.6 is 11.6 Å². The van der Waals surface area contributed by atoms with Gasteiger partial charge >= 0.3 is 12.3 Å². The van der Waals surface area contributed by atoms with Crippen LogP contribution in [0, 0.1) is 6.92 Å². The number of aryl methyl sites for hydroxylation is 1. The van der Waals surface area contributed by atoms with E-state index in [0.717, 1.165) is 12.3 Å². The Bertz CT molecular complexity index is 732. The lowest BCUT2D eigenvalue weighted by Crippen LogP contribution is -2.17. The second-order valence-corrected chi connectivity index (χ2v) is 4.80. The molecule has 0 radical (unpaired) electrons. The highest BCUT2D eigenvalue weighted by atomic mass is 35.5. The highest BCUT2D eigenvalue weighted by Crippen LogP contribution is 2.37. The van der Waals surface area contributed by atoms with Crippen LogP contribution in [-0.2, 0) is 0 Å². The molecule has 2 rings (SSSR count). The summed E-state index contributed by atoms with van der Waals surface area (Å²) in [6.45, 7) is 1.59. The van der Waals surface area contributed by atoms with E-state index in [0.29, 0.717) is 5.69 Å². The van der Waals surface area contributed by atoms with Crippen LogP contribution in [0.1, 0.15) is 16.1 Å². The number of halogens is 4. The monoisotopic (exact) mass is 331 g/mol. The smallest absolute Gasteiger partial charge is 0.478 e. The maximum Gasteiger partial charge on any atom is 0.573 e. The van der Waals surface area contributed by atoms with Gasteiger partial charge < -0.3 is 9.84 Å². The van der Waals surface area contributed by atoms with E-state index < -0.39 is 18.1 Å². The Morgan fingerprint density at radius 2 is 1.95 bits per heavy atom. The summed E-state index contributed by atoms with van der Waals surface area (Å²) in [7, 11) is 0. The predicted molar refractivity (Wildman–Crippen MR) is 73.1 cm³/mol. The summed E-state index contributed by atoms with van der Waals surface area (Å²) in [6, 6.07) is 4.83. The first-order valence-corrected chi connectivity index (χ1v) is 6.31. The number of hydrogen-bond acceptors (Lipinski definition) is 3. The average Bonchev–Trinajstić information content (AvgIpc) is 2.39. The molecule has 0 aliphatic carbocycles. The van der Waals surface area contributed by atoms with Gasteiger partial charge in [-0.05, 0) is 31.2 Å². The number of pyridine rings is 1. The summed E-state index contributed by atoms with van der Waals surface area (Å²) >= 11 is 5.81. The van der Waals surface area contributed by atoms with E-state index in [4.69, 9.17) is 11.6 Å². The Balaban J connectivity index is 2.68. The maximum atomic E-state index is 12.5. The normalized spacial score (nSPS) is 11.3. The lowest BCUT2D eigenvalue weighted by molar-refractivity contribution is -0.274. The summed E-state index contributed by atoms with van der Waals surface area (Å²) in [4.78, 5) is 15.1. The highest BCUT2D eigenvalue weighted by Gasteiger charge is 2.32. The molecule has 8 heteroatoms. The zero-order chi connectivity index (χ0) is 16.5. The maximum absolute atomic E-state index is 12.5. The van der Waals surface area contributed by atoms with Crippen molar-refractivity contribution in [3.05, 3.63) is 46.7 Å². The van der Waals surface area contributed by atoms with Gasteiger partial charge in [-0.25, -0.2) is 4.79 Å². The van der Waals surface area contributed by atoms with Crippen molar-refractivity contribution in [3.63, 3.8) is 0 Å². The van der Waals surface area contributed by atoms with Gasteiger partial charge in [0.15, 0.2) is 0 Å². The summed E-state index contributed by atoms with van der Waals surface area (Å²) < 4.78 is 41.4. The molecule has 1 aromatic carbocycles. The van der Waals surface area contributed by atoms with Crippen molar-refractivity contribution in [1.29, 1.82) is 0 Å².